The molecule has 0 unspecified atom stereocenters. The molecule has 0 saturated carbocycles. The Balaban J connectivity index is 1.82. The number of nitrogens with zero attached hydrogens (tertiary/aromatic N) is 2. The lowest BCUT2D eigenvalue weighted by Gasteiger charge is -2.15. The summed E-state index contributed by atoms with van der Waals surface area (Å²) in [5.74, 6) is 1.86. The lowest BCUT2D eigenvalue weighted by Crippen LogP contribution is -2.27. The third-order valence-electron chi connectivity index (χ3n) is 2.90. The third-order valence-corrected chi connectivity index (χ3v) is 6.55. The van der Waals surface area contributed by atoms with E-state index in [9.17, 15) is 13.2 Å². The number of rotatable bonds is 8. The number of amides is 1. The Morgan fingerprint density at radius 2 is 2.12 bits per heavy atom. The maximum Gasteiger partial charge on any atom is 0.269 e. The van der Waals surface area contributed by atoms with Crippen LogP contribution >= 0.6 is 23.1 Å². The van der Waals surface area contributed by atoms with Crippen LogP contribution in [0.5, 0.6) is 0 Å². The van der Waals surface area contributed by atoms with Gasteiger partial charge in [-0.05, 0) is 12.1 Å². The highest BCUT2D eigenvalue weighted by molar-refractivity contribution is 7.98. The van der Waals surface area contributed by atoms with Gasteiger partial charge in [0.15, 0.2) is 0 Å². The van der Waals surface area contributed by atoms with E-state index < -0.39 is 15.4 Å². The van der Waals surface area contributed by atoms with Crippen LogP contribution in [-0.2, 0) is 20.6 Å². The highest BCUT2D eigenvalue weighted by Gasteiger charge is 2.24. The fraction of sp³-hybridized carbons (Fsp3) is 0.500. The van der Waals surface area contributed by atoms with Crippen molar-refractivity contribution in [2.45, 2.75) is 30.9 Å². The molecule has 8 nitrogen and oxygen atoms in total. The SMILES string of the molecule is CC(C)(C)C(=O)Nc1nnc(S(=O)(=O)NCCSCc2ccco2)s1. The number of hydrogen-bond acceptors (Lipinski definition) is 8. The predicted molar refractivity (Wildman–Crippen MR) is 98.1 cm³/mol. The van der Waals surface area contributed by atoms with Crippen LogP contribution in [0.1, 0.15) is 26.5 Å². The van der Waals surface area contributed by atoms with E-state index in [0.29, 0.717) is 11.5 Å². The number of furan rings is 1. The Morgan fingerprint density at radius 3 is 2.76 bits per heavy atom. The number of sulfonamides is 1. The van der Waals surface area contributed by atoms with Crippen LogP contribution in [0.4, 0.5) is 5.13 Å². The van der Waals surface area contributed by atoms with Crippen molar-refractivity contribution in [3.63, 3.8) is 0 Å². The summed E-state index contributed by atoms with van der Waals surface area (Å²) < 4.78 is 31.8. The number of carbonyl (C=O) groups is 1. The molecule has 0 aromatic carbocycles. The quantitative estimate of drug-likeness (QED) is 0.512. The van der Waals surface area contributed by atoms with Gasteiger partial charge >= 0.3 is 0 Å². The standard InChI is InChI=1S/C14H20N4O4S3/c1-14(2,3)11(19)16-12-17-18-13(24-12)25(20,21)15-6-8-23-9-10-5-4-7-22-10/h4-5,7,15H,6,8-9H2,1-3H3,(H,16,17,19). The van der Waals surface area contributed by atoms with E-state index >= 15 is 0 Å². The minimum absolute atomic E-state index is 0.160. The first kappa shape index (κ1) is 19.9. The number of hydrogen-bond donors (Lipinski definition) is 2. The largest absolute Gasteiger partial charge is 0.468 e. The first-order valence-corrected chi connectivity index (χ1v) is 10.9. The molecule has 2 rings (SSSR count). The molecule has 2 aromatic rings. The molecule has 0 fully saturated rings. The van der Waals surface area contributed by atoms with E-state index in [-0.39, 0.29) is 21.9 Å². The molecule has 138 valence electrons. The van der Waals surface area contributed by atoms with Crippen molar-refractivity contribution >= 4 is 44.2 Å². The second kappa shape index (κ2) is 8.30. The van der Waals surface area contributed by atoms with Gasteiger partial charge in [-0.3, -0.25) is 4.79 Å². The Hall–Kier alpha value is -1.43. The molecule has 0 aliphatic carbocycles. The van der Waals surface area contributed by atoms with E-state index in [4.69, 9.17) is 4.42 Å². The summed E-state index contributed by atoms with van der Waals surface area (Å²) in [5, 5.41) is 10.1. The Kier molecular flexibility index (Phi) is 6.60. The van der Waals surface area contributed by atoms with Gasteiger partial charge in [-0.15, -0.1) is 10.2 Å². The maximum absolute atomic E-state index is 12.2. The van der Waals surface area contributed by atoms with Crippen molar-refractivity contribution in [1.29, 1.82) is 0 Å². The van der Waals surface area contributed by atoms with Crippen molar-refractivity contribution in [2.24, 2.45) is 5.41 Å². The van der Waals surface area contributed by atoms with Crippen molar-refractivity contribution < 1.29 is 17.6 Å². The predicted octanol–water partition coefficient (Wildman–Crippen LogP) is 2.33. The zero-order valence-corrected chi connectivity index (χ0v) is 16.6. The minimum atomic E-state index is -3.74. The van der Waals surface area contributed by atoms with Gasteiger partial charge in [0.1, 0.15) is 5.76 Å². The molecule has 0 saturated heterocycles. The fourth-order valence-corrected chi connectivity index (χ4v) is 4.38. The van der Waals surface area contributed by atoms with E-state index in [1.807, 2.05) is 12.1 Å². The molecule has 1 amide bonds. The number of carbonyl (C=O) groups excluding carboxylic acids is 1. The summed E-state index contributed by atoms with van der Waals surface area (Å²) in [4.78, 5) is 11.9. The monoisotopic (exact) mass is 404 g/mol. The molecule has 0 bridgehead atoms. The number of thioether (sulfide) groups is 1. The first-order chi connectivity index (χ1) is 11.7. The molecule has 0 aliphatic rings. The number of nitrogens with one attached hydrogen (secondary N) is 2. The Bertz CT molecular complexity index is 794. The zero-order chi connectivity index (χ0) is 18.5. The topological polar surface area (TPSA) is 114 Å². The number of aromatic nitrogens is 2. The van der Waals surface area contributed by atoms with Gasteiger partial charge in [0.05, 0.1) is 12.0 Å². The van der Waals surface area contributed by atoms with E-state index in [1.54, 1.807) is 38.8 Å². The van der Waals surface area contributed by atoms with Crippen molar-refractivity contribution in [2.75, 3.05) is 17.6 Å². The van der Waals surface area contributed by atoms with Crippen LogP contribution in [-0.4, -0.2) is 36.8 Å². The fourth-order valence-electron chi connectivity index (χ4n) is 1.53. The average Bonchev–Trinajstić information content (AvgIpc) is 3.17. The van der Waals surface area contributed by atoms with Crippen LogP contribution in [0, 0.1) is 5.41 Å². The summed E-state index contributed by atoms with van der Waals surface area (Å²) in [6, 6.07) is 3.68. The van der Waals surface area contributed by atoms with E-state index in [1.165, 1.54) is 0 Å². The van der Waals surface area contributed by atoms with Gasteiger partial charge in [0.2, 0.25) is 15.4 Å². The van der Waals surface area contributed by atoms with Crippen LogP contribution in [0.25, 0.3) is 0 Å². The second-order valence-electron chi connectivity index (χ2n) is 6.11. The first-order valence-electron chi connectivity index (χ1n) is 7.43. The van der Waals surface area contributed by atoms with Crippen LogP contribution in [0.3, 0.4) is 0 Å². The average molecular weight is 405 g/mol. The summed E-state index contributed by atoms with van der Waals surface area (Å²) in [6.45, 7) is 5.52. The molecule has 25 heavy (non-hydrogen) atoms. The zero-order valence-electron chi connectivity index (χ0n) is 14.1. The molecule has 11 heteroatoms. The summed E-state index contributed by atoms with van der Waals surface area (Å²) in [5.41, 5.74) is -0.603. The van der Waals surface area contributed by atoms with Gasteiger partial charge in [0, 0.05) is 17.7 Å². The highest BCUT2D eigenvalue weighted by Crippen LogP contribution is 2.22. The molecule has 0 spiro atoms. The van der Waals surface area contributed by atoms with E-state index in [2.05, 4.69) is 20.2 Å². The van der Waals surface area contributed by atoms with Gasteiger partial charge in [-0.2, -0.15) is 11.8 Å². The second-order valence-corrected chi connectivity index (χ2v) is 10.1. The Morgan fingerprint density at radius 1 is 1.36 bits per heavy atom. The normalized spacial score (nSPS) is 12.3. The third kappa shape index (κ3) is 6.10. The van der Waals surface area contributed by atoms with Crippen molar-refractivity contribution in [3.05, 3.63) is 24.2 Å². The molecular weight excluding hydrogens is 384 g/mol. The smallest absolute Gasteiger partial charge is 0.269 e. The molecule has 2 heterocycles. The molecule has 0 atom stereocenters. The highest BCUT2D eigenvalue weighted by atomic mass is 32.2. The minimum Gasteiger partial charge on any atom is -0.468 e. The van der Waals surface area contributed by atoms with Crippen LogP contribution < -0.4 is 10.0 Å². The lowest BCUT2D eigenvalue weighted by molar-refractivity contribution is -0.123. The van der Waals surface area contributed by atoms with Crippen molar-refractivity contribution in [3.8, 4) is 0 Å². The van der Waals surface area contributed by atoms with Crippen LogP contribution in [0.15, 0.2) is 27.2 Å². The lowest BCUT2D eigenvalue weighted by atomic mass is 9.96. The number of anilines is 1. The van der Waals surface area contributed by atoms with Gasteiger partial charge < -0.3 is 9.73 Å². The molecule has 0 radical (unpaired) electrons. The van der Waals surface area contributed by atoms with Crippen LogP contribution in [0.2, 0.25) is 0 Å². The summed E-state index contributed by atoms with van der Waals surface area (Å²) in [7, 11) is -3.74. The molecular formula is C14H20N4O4S3. The summed E-state index contributed by atoms with van der Waals surface area (Å²) >= 11 is 2.37. The molecule has 2 aromatic heterocycles. The van der Waals surface area contributed by atoms with E-state index in [0.717, 1.165) is 17.1 Å². The molecule has 2 N–H and O–H groups in total. The van der Waals surface area contributed by atoms with Crippen molar-refractivity contribution in [1.82, 2.24) is 14.9 Å². The van der Waals surface area contributed by atoms with Gasteiger partial charge in [-0.25, -0.2) is 13.1 Å². The molecule has 0 aliphatic heterocycles. The Labute approximate surface area is 154 Å². The summed E-state index contributed by atoms with van der Waals surface area (Å²) in [6.07, 6.45) is 1.60. The van der Waals surface area contributed by atoms with Gasteiger partial charge in [0.25, 0.3) is 10.0 Å². The maximum atomic E-state index is 12.2. The van der Waals surface area contributed by atoms with Gasteiger partial charge in [-0.1, -0.05) is 32.1 Å².